The zero-order chi connectivity index (χ0) is 23.3. The van der Waals surface area contributed by atoms with E-state index in [0.717, 1.165) is 11.1 Å². The Kier molecular flexibility index (Phi) is 7.34. The molecule has 0 aliphatic rings. The predicted molar refractivity (Wildman–Crippen MR) is 125 cm³/mol. The van der Waals surface area contributed by atoms with Gasteiger partial charge in [-0.3, -0.25) is 10.1 Å². The largest absolute Gasteiger partial charge is 0.493 e. The minimum atomic E-state index is -0.436. The number of aliphatic hydroxyl groups excluding tert-OH is 1. The maximum Gasteiger partial charge on any atom is 0.257 e. The number of furan rings is 1. The lowest BCUT2D eigenvalue weighted by molar-refractivity contribution is 0.0977. The molecule has 8 nitrogen and oxygen atoms in total. The molecule has 1 amide bonds. The van der Waals surface area contributed by atoms with Gasteiger partial charge in [0.1, 0.15) is 18.1 Å². The Morgan fingerprint density at radius 3 is 2.28 bits per heavy atom. The van der Waals surface area contributed by atoms with Crippen LogP contribution in [0.5, 0.6) is 17.2 Å². The van der Waals surface area contributed by atoms with Crippen molar-refractivity contribution in [1.29, 1.82) is 0 Å². The van der Waals surface area contributed by atoms with Crippen LogP contribution in [0, 0.1) is 6.92 Å². The highest BCUT2D eigenvalue weighted by atomic mass is 32.1. The van der Waals surface area contributed by atoms with Gasteiger partial charge in [-0.15, -0.1) is 0 Å². The lowest BCUT2D eigenvalue weighted by atomic mass is 10.1. The van der Waals surface area contributed by atoms with Gasteiger partial charge in [-0.25, -0.2) is 0 Å². The second-order valence-electron chi connectivity index (χ2n) is 6.78. The Balaban J connectivity index is 1.77. The summed E-state index contributed by atoms with van der Waals surface area (Å²) >= 11 is 5.34. The molecule has 0 unspecified atom stereocenters. The molecule has 0 aliphatic carbocycles. The minimum absolute atomic E-state index is 0.125. The van der Waals surface area contributed by atoms with E-state index in [1.807, 2.05) is 25.1 Å². The van der Waals surface area contributed by atoms with Crippen LogP contribution in [0.15, 0.2) is 46.9 Å². The van der Waals surface area contributed by atoms with E-state index in [2.05, 4.69) is 10.6 Å². The van der Waals surface area contributed by atoms with Crippen molar-refractivity contribution >= 4 is 28.9 Å². The molecular formula is C23H24N2O6S. The van der Waals surface area contributed by atoms with Crippen molar-refractivity contribution in [2.75, 3.05) is 26.6 Å². The summed E-state index contributed by atoms with van der Waals surface area (Å²) in [5, 5.41) is 15.0. The number of carbonyl (C=O) groups excluding carboxylic acids is 1. The average Bonchev–Trinajstić information content (AvgIpc) is 3.28. The van der Waals surface area contributed by atoms with Crippen molar-refractivity contribution in [1.82, 2.24) is 5.32 Å². The molecule has 3 rings (SSSR count). The van der Waals surface area contributed by atoms with E-state index in [1.165, 1.54) is 21.3 Å². The molecule has 32 heavy (non-hydrogen) atoms. The maximum atomic E-state index is 12.8. The summed E-state index contributed by atoms with van der Waals surface area (Å²) in [4.78, 5) is 12.8. The molecule has 0 saturated heterocycles. The zero-order valence-electron chi connectivity index (χ0n) is 18.1. The average molecular weight is 457 g/mol. The first kappa shape index (κ1) is 23.1. The highest BCUT2D eigenvalue weighted by molar-refractivity contribution is 7.80. The predicted octanol–water partition coefficient (Wildman–Crippen LogP) is 3.90. The Bertz CT molecular complexity index is 1120. The lowest BCUT2D eigenvalue weighted by Crippen LogP contribution is -2.34. The van der Waals surface area contributed by atoms with Crippen LogP contribution in [0.1, 0.15) is 21.7 Å². The van der Waals surface area contributed by atoms with Gasteiger partial charge >= 0.3 is 0 Å². The van der Waals surface area contributed by atoms with Crippen molar-refractivity contribution in [2.45, 2.75) is 13.5 Å². The molecular weight excluding hydrogens is 432 g/mol. The summed E-state index contributed by atoms with van der Waals surface area (Å²) in [6.07, 6.45) is 0. The Hall–Kier alpha value is -3.56. The summed E-state index contributed by atoms with van der Waals surface area (Å²) in [5.74, 6) is 1.77. The number of hydrogen-bond acceptors (Lipinski definition) is 7. The number of carbonyl (C=O) groups is 1. The summed E-state index contributed by atoms with van der Waals surface area (Å²) in [7, 11) is 4.44. The number of aliphatic hydroxyl groups is 1. The van der Waals surface area contributed by atoms with E-state index in [1.54, 1.807) is 24.3 Å². The number of methoxy groups -OCH3 is 3. The standard InChI is InChI=1S/C23H24N2O6S/c1-13-5-6-14(18-8-7-16(12-26)31-18)9-17(13)24-23(32)25-22(27)15-10-19(28-2)21(30-4)20(11-15)29-3/h5-11,26H,12H2,1-4H3,(H2,24,25,27,32). The summed E-state index contributed by atoms with van der Waals surface area (Å²) in [5.41, 5.74) is 2.73. The number of thiocarbonyl (C=S) groups is 1. The number of amides is 1. The third-order valence-electron chi connectivity index (χ3n) is 4.74. The van der Waals surface area contributed by atoms with Gasteiger partial charge in [0, 0.05) is 16.8 Å². The molecule has 0 spiro atoms. The fourth-order valence-corrected chi connectivity index (χ4v) is 3.27. The first-order valence-corrected chi connectivity index (χ1v) is 10.0. The van der Waals surface area contributed by atoms with E-state index >= 15 is 0 Å². The SMILES string of the molecule is COc1cc(C(=O)NC(=S)Nc2cc(-c3ccc(CO)o3)ccc2C)cc(OC)c1OC. The Morgan fingerprint density at radius 1 is 1.03 bits per heavy atom. The molecule has 0 aliphatic heterocycles. The maximum absolute atomic E-state index is 12.8. The number of rotatable bonds is 7. The van der Waals surface area contributed by atoms with Gasteiger partial charge in [-0.05, 0) is 55.0 Å². The van der Waals surface area contributed by atoms with Crippen LogP contribution < -0.4 is 24.8 Å². The van der Waals surface area contributed by atoms with Gasteiger partial charge in [0.15, 0.2) is 16.6 Å². The second-order valence-corrected chi connectivity index (χ2v) is 7.18. The van der Waals surface area contributed by atoms with Gasteiger partial charge in [-0.1, -0.05) is 12.1 Å². The smallest absolute Gasteiger partial charge is 0.257 e. The molecule has 0 saturated carbocycles. The fraction of sp³-hybridized carbons (Fsp3) is 0.217. The van der Waals surface area contributed by atoms with Crippen LogP contribution in [-0.2, 0) is 6.61 Å². The van der Waals surface area contributed by atoms with Crippen LogP contribution in [0.2, 0.25) is 0 Å². The third kappa shape index (κ3) is 5.01. The topological polar surface area (TPSA) is 102 Å². The van der Waals surface area contributed by atoms with E-state index in [4.69, 9.17) is 30.8 Å². The van der Waals surface area contributed by atoms with Crippen LogP contribution in [0.25, 0.3) is 11.3 Å². The molecule has 0 fully saturated rings. The van der Waals surface area contributed by atoms with Crippen molar-refractivity contribution < 1.29 is 28.5 Å². The van der Waals surface area contributed by atoms with E-state index in [9.17, 15) is 9.90 Å². The lowest BCUT2D eigenvalue weighted by Gasteiger charge is -2.15. The van der Waals surface area contributed by atoms with Crippen molar-refractivity contribution in [3.05, 3.63) is 59.4 Å². The number of ether oxygens (including phenoxy) is 3. The summed E-state index contributed by atoms with van der Waals surface area (Å²) < 4.78 is 21.5. The molecule has 1 heterocycles. The molecule has 1 aromatic heterocycles. The first-order valence-electron chi connectivity index (χ1n) is 9.63. The molecule has 0 atom stereocenters. The van der Waals surface area contributed by atoms with Crippen LogP contribution in [0.4, 0.5) is 5.69 Å². The molecule has 0 bridgehead atoms. The van der Waals surface area contributed by atoms with E-state index < -0.39 is 5.91 Å². The monoisotopic (exact) mass is 456 g/mol. The van der Waals surface area contributed by atoms with Gasteiger partial charge in [0.25, 0.3) is 5.91 Å². The number of aryl methyl sites for hydroxylation is 1. The third-order valence-corrected chi connectivity index (χ3v) is 4.95. The molecule has 0 radical (unpaired) electrons. The van der Waals surface area contributed by atoms with Crippen LogP contribution >= 0.6 is 12.2 Å². The Labute approximate surface area is 191 Å². The van der Waals surface area contributed by atoms with Crippen molar-refractivity contribution in [3.8, 4) is 28.6 Å². The summed E-state index contributed by atoms with van der Waals surface area (Å²) in [6.45, 7) is 1.74. The normalized spacial score (nSPS) is 10.4. The molecule has 3 N–H and O–H groups in total. The number of hydrogen-bond donors (Lipinski definition) is 3. The highest BCUT2D eigenvalue weighted by Crippen LogP contribution is 2.38. The molecule has 168 valence electrons. The first-order chi connectivity index (χ1) is 15.4. The quantitative estimate of drug-likeness (QED) is 0.460. The number of nitrogens with one attached hydrogen (secondary N) is 2. The highest BCUT2D eigenvalue weighted by Gasteiger charge is 2.18. The van der Waals surface area contributed by atoms with E-state index in [-0.39, 0.29) is 11.7 Å². The minimum Gasteiger partial charge on any atom is -0.493 e. The molecule has 9 heteroatoms. The zero-order valence-corrected chi connectivity index (χ0v) is 19.0. The number of anilines is 1. The van der Waals surface area contributed by atoms with Crippen molar-refractivity contribution in [2.24, 2.45) is 0 Å². The second kappa shape index (κ2) is 10.2. The van der Waals surface area contributed by atoms with Gasteiger partial charge in [0.05, 0.1) is 21.3 Å². The van der Waals surface area contributed by atoms with Crippen LogP contribution in [-0.4, -0.2) is 37.5 Å². The summed E-state index contributed by atoms with van der Waals surface area (Å²) in [6, 6.07) is 12.2. The fourth-order valence-electron chi connectivity index (χ4n) is 3.07. The van der Waals surface area contributed by atoms with Gasteiger partial charge in [-0.2, -0.15) is 0 Å². The van der Waals surface area contributed by atoms with E-state index in [0.29, 0.717) is 40.0 Å². The Morgan fingerprint density at radius 2 is 1.72 bits per heavy atom. The molecule has 3 aromatic rings. The van der Waals surface area contributed by atoms with Gasteiger partial charge in [0.2, 0.25) is 5.75 Å². The van der Waals surface area contributed by atoms with Crippen LogP contribution in [0.3, 0.4) is 0 Å². The van der Waals surface area contributed by atoms with Gasteiger partial charge < -0.3 is 29.1 Å². The number of benzene rings is 2. The molecule has 2 aromatic carbocycles. The van der Waals surface area contributed by atoms with Crippen molar-refractivity contribution in [3.63, 3.8) is 0 Å².